The lowest BCUT2D eigenvalue weighted by atomic mass is 10.1. The Bertz CT molecular complexity index is 470. The van der Waals surface area contributed by atoms with E-state index in [-0.39, 0.29) is 0 Å². The summed E-state index contributed by atoms with van der Waals surface area (Å²) in [5.74, 6) is -0.745. The molecule has 0 fully saturated rings. The van der Waals surface area contributed by atoms with Gasteiger partial charge in [-0.2, -0.15) is 5.26 Å². The van der Waals surface area contributed by atoms with E-state index in [2.05, 4.69) is 4.98 Å². The van der Waals surface area contributed by atoms with E-state index in [0.717, 1.165) is 0 Å². The third kappa shape index (κ3) is 2.09. The number of aliphatic hydroxyl groups excluding tert-OH is 1. The molecule has 0 saturated heterocycles. The molecule has 6 nitrogen and oxygen atoms in total. The fraction of sp³-hybridized carbons (Fsp3) is 0.250. The van der Waals surface area contributed by atoms with Gasteiger partial charge in [0.05, 0.1) is 17.2 Å². The summed E-state index contributed by atoms with van der Waals surface area (Å²) in [5.41, 5.74) is -1.88. The largest absolute Gasteiger partial charge is 0.388 e. The van der Waals surface area contributed by atoms with E-state index in [1.165, 1.54) is 6.07 Å². The Labute approximate surface area is 87.9 Å². The SMILES string of the molecule is N#Cc1cc([N+](=O)[O-])nc(CO)c1C(F)F. The Morgan fingerprint density at radius 2 is 2.31 bits per heavy atom. The maximum absolute atomic E-state index is 12.5. The third-order valence-corrected chi connectivity index (χ3v) is 1.80. The number of rotatable bonds is 3. The second-order valence-electron chi connectivity index (χ2n) is 2.72. The lowest BCUT2D eigenvalue weighted by Gasteiger charge is -2.04. The summed E-state index contributed by atoms with van der Waals surface area (Å²) in [7, 11) is 0. The Hall–Kier alpha value is -2.14. The predicted octanol–water partition coefficient (Wildman–Crippen LogP) is 1.29. The van der Waals surface area contributed by atoms with Gasteiger partial charge in [0, 0.05) is 0 Å². The van der Waals surface area contributed by atoms with Crippen molar-refractivity contribution in [3.63, 3.8) is 0 Å². The number of hydrogen-bond acceptors (Lipinski definition) is 5. The van der Waals surface area contributed by atoms with E-state index in [4.69, 9.17) is 10.4 Å². The minimum absolute atomic E-state index is 0.555. The van der Waals surface area contributed by atoms with Crippen LogP contribution in [0.3, 0.4) is 0 Å². The van der Waals surface area contributed by atoms with Crippen LogP contribution in [0.5, 0.6) is 0 Å². The molecule has 1 aromatic heterocycles. The predicted molar refractivity (Wildman–Crippen MR) is 46.5 cm³/mol. The van der Waals surface area contributed by atoms with E-state index < -0.39 is 40.6 Å². The van der Waals surface area contributed by atoms with Crippen LogP contribution in [0.1, 0.15) is 23.2 Å². The summed E-state index contributed by atoms with van der Waals surface area (Å²) in [6.45, 7) is -0.893. The van der Waals surface area contributed by atoms with Crippen LogP contribution in [0.2, 0.25) is 0 Å². The summed E-state index contributed by atoms with van der Waals surface area (Å²) in [5, 5.41) is 27.7. The zero-order valence-corrected chi connectivity index (χ0v) is 7.72. The highest BCUT2D eigenvalue weighted by atomic mass is 19.3. The van der Waals surface area contributed by atoms with Gasteiger partial charge >= 0.3 is 5.82 Å². The Morgan fingerprint density at radius 1 is 1.69 bits per heavy atom. The van der Waals surface area contributed by atoms with E-state index >= 15 is 0 Å². The lowest BCUT2D eigenvalue weighted by Crippen LogP contribution is -2.05. The van der Waals surface area contributed by atoms with E-state index in [1.807, 2.05) is 0 Å². The first-order valence-corrected chi connectivity index (χ1v) is 3.98. The molecule has 0 amide bonds. The van der Waals surface area contributed by atoms with Crippen molar-refractivity contribution in [3.8, 4) is 6.07 Å². The summed E-state index contributed by atoms with van der Waals surface area (Å²) in [4.78, 5) is 12.7. The third-order valence-electron chi connectivity index (χ3n) is 1.80. The molecule has 1 rings (SSSR count). The Morgan fingerprint density at radius 3 is 2.69 bits per heavy atom. The summed E-state index contributed by atoms with van der Waals surface area (Å²) >= 11 is 0. The number of nitriles is 1. The molecule has 0 aliphatic heterocycles. The van der Waals surface area contributed by atoms with Crippen molar-refractivity contribution < 1.29 is 18.8 Å². The first-order chi connectivity index (χ1) is 7.51. The van der Waals surface area contributed by atoms with Gasteiger partial charge in [0.25, 0.3) is 6.43 Å². The van der Waals surface area contributed by atoms with Crippen LogP contribution in [-0.4, -0.2) is 15.0 Å². The van der Waals surface area contributed by atoms with Crippen molar-refractivity contribution in [1.82, 2.24) is 4.98 Å². The molecule has 0 atom stereocenters. The Balaban J connectivity index is 3.51. The number of nitro groups is 1. The van der Waals surface area contributed by atoms with Crippen LogP contribution < -0.4 is 0 Å². The minimum atomic E-state index is -3.02. The molecule has 8 heteroatoms. The van der Waals surface area contributed by atoms with E-state index in [0.29, 0.717) is 6.07 Å². The van der Waals surface area contributed by atoms with Gasteiger partial charge in [0.1, 0.15) is 12.7 Å². The molecule has 0 aliphatic rings. The lowest BCUT2D eigenvalue weighted by molar-refractivity contribution is -0.389. The normalized spacial score (nSPS) is 10.2. The fourth-order valence-corrected chi connectivity index (χ4v) is 1.14. The van der Waals surface area contributed by atoms with Gasteiger partial charge in [-0.05, 0) is 9.91 Å². The molecule has 1 aromatic rings. The van der Waals surface area contributed by atoms with Gasteiger partial charge in [-0.1, -0.05) is 0 Å². The van der Waals surface area contributed by atoms with Crippen molar-refractivity contribution >= 4 is 5.82 Å². The van der Waals surface area contributed by atoms with E-state index in [1.54, 1.807) is 0 Å². The molecule has 1 heterocycles. The quantitative estimate of drug-likeness (QED) is 0.621. The molecule has 84 valence electrons. The maximum atomic E-state index is 12.5. The highest BCUT2D eigenvalue weighted by Gasteiger charge is 2.26. The molecule has 0 saturated carbocycles. The zero-order valence-electron chi connectivity index (χ0n) is 7.72. The van der Waals surface area contributed by atoms with Crippen LogP contribution in [0.4, 0.5) is 14.6 Å². The van der Waals surface area contributed by atoms with Gasteiger partial charge < -0.3 is 15.2 Å². The Kier molecular flexibility index (Phi) is 3.42. The van der Waals surface area contributed by atoms with Gasteiger partial charge in [-0.15, -0.1) is 0 Å². The number of aliphatic hydroxyl groups is 1. The molecule has 0 radical (unpaired) electrons. The highest BCUT2D eigenvalue weighted by Crippen LogP contribution is 2.28. The van der Waals surface area contributed by atoms with Crippen LogP contribution in [0.15, 0.2) is 6.07 Å². The summed E-state index contributed by atoms with van der Waals surface area (Å²) in [6.07, 6.45) is -3.02. The van der Waals surface area contributed by atoms with Crippen molar-refractivity contribution in [2.24, 2.45) is 0 Å². The van der Waals surface area contributed by atoms with Crippen molar-refractivity contribution in [2.75, 3.05) is 0 Å². The molecular formula is C8H5F2N3O3. The number of pyridine rings is 1. The molecule has 0 aliphatic carbocycles. The van der Waals surface area contributed by atoms with Crippen LogP contribution in [0, 0.1) is 21.4 Å². The van der Waals surface area contributed by atoms with Crippen LogP contribution in [0.25, 0.3) is 0 Å². The van der Waals surface area contributed by atoms with Crippen molar-refractivity contribution in [3.05, 3.63) is 33.0 Å². The minimum Gasteiger partial charge on any atom is -0.388 e. The van der Waals surface area contributed by atoms with Gasteiger partial charge in [0.2, 0.25) is 0 Å². The van der Waals surface area contributed by atoms with Crippen LogP contribution in [-0.2, 0) is 6.61 Å². The second kappa shape index (κ2) is 4.59. The maximum Gasteiger partial charge on any atom is 0.365 e. The van der Waals surface area contributed by atoms with Gasteiger partial charge in [-0.25, -0.2) is 8.78 Å². The molecule has 0 bridgehead atoms. The van der Waals surface area contributed by atoms with Gasteiger partial charge in [-0.3, -0.25) is 0 Å². The van der Waals surface area contributed by atoms with Crippen molar-refractivity contribution in [1.29, 1.82) is 5.26 Å². The van der Waals surface area contributed by atoms with Crippen molar-refractivity contribution in [2.45, 2.75) is 13.0 Å². The van der Waals surface area contributed by atoms with Crippen LogP contribution >= 0.6 is 0 Å². The first-order valence-electron chi connectivity index (χ1n) is 3.98. The first kappa shape index (κ1) is 11.9. The fourth-order valence-electron chi connectivity index (χ4n) is 1.14. The number of nitrogens with zero attached hydrogens (tertiary/aromatic N) is 3. The number of alkyl halides is 2. The topological polar surface area (TPSA) is 100 Å². The highest BCUT2D eigenvalue weighted by molar-refractivity contribution is 5.45. The number of halogens is 2. The molecule has 16 heavy (non-hydrogen) atoms. The smallest absolute Gasteiger partial charge is 0.365 e. The summed E-state index contributed by atoms with van der Waals surface area (Å²) < 4.78 is 25.0. The standard InChI is InChI=1S/C8H5F2N3O3/c9-8(10)7-4(2-11)1-6(13(15)16)12-5(7)3-14/h1,8,14H,3H2. The molecule has 0 unspecified atom stereocenters. The summed E-state index contributed by atoms with van der Waals surface area (Å²) in [6, 6.07) is 2.06. The van der Waals surface area contributed by atoms with E-state index in [9.17, 15) is 18.9 Å². The average Bonchev–Trinajstić information content (AvgIpc) is 2.26. The van der Waals surface area contributed by atoms with Gasteiger partial charge in [0.15, 0.2) is 5.69 Å². The number of hydrogen-bond donors (Lipinski definition) is 1. The second-order valence-corrected chi connectivity index (χ2v) is 2.72. The monoisotopic (exact) mass is 229 g/mol. The zero-order chi connectivity index (χ0) is 12.3. The molecule has 0 spiro atoms. The average molecular weight is 229 g/mol. The number of aromatic nitrogens is 1. The molecule has 0 aromatic carbocycles. The molecule has 1 N–H and O–H groups in total. The molecular weight excluding hydrogens is 224 g/mol.